The summed E-state index contributed by atoms with van der Waals surface area (Å²) < 4.78 is 5.51. The largest absolute Gasteiger partial charge is 0.458 e. The Labute approximate surface area is 92.5 Å². The van der Waals surface area contributed by atoms with Gasteiger partial charge in [-0.05, 0) is 23.7 Å². The van der Waals surface area contributed by atoms with E-state index in [1.54, 1.807) is 0 Å². The van der Waals surface area contributed by atoms with E-state index in [4.69, 9.17) is 11.2 Å². The molecule has 16 heavy (non-hydrogen) atoms. The third-order valence-corrected chi connectivity index (χ3v) is 6.38. The molecule has 0 N–H and O–H groups in total. The molecule has 6 fully saturated rings. The minimum absolute atomic E-state index is 0.0207. The first-order chi connectivity index (χ1) is 7.63. The lowest BCUT2D eigenvalue weighted by Crippen LogP contribution is -3.14. The maximum atomic E-state index is 11.8. The van der Waals surface area contributed by atoms with E-state index >= 15 is 0 Å². The van der Waals surface area contributed by atoms with Crippen LogP contribution in [0.2, 0.25) is 0 Å². The molecule has 6 saturated carbocycles. The number of ether oxygens (including phenoxy) is 1. The Kier molecular flexibility index (Phi) is 0.809. The van der Waals surface area contributed by atoms with Crippen LogP contribution >= 0.6 is 0 Å². The molecule has 0 heterocycles. The third-order valence-electron chi connectivity index (χ3n) is 6.38. The second-order valence-corrected chi connectivity index (χ2v) is 6.01. The van der Waals surface area contributed by atoms with E-state index in [2.05, 4.69) is 5.92 Å². The van der Waals surface area contributed by atoms with Crippen molar-refractivity contribution in [1.29, 1.82) is 0 Å². The number of esters is 1. The van der Waals surface area contributed by atoms with Gasteiger partial charge in [0.15, 0.2) is 0 Å². The maximum Gasteiger partial charge on any atom is 0.303 e. The van der Waals surface area contributed by atoms with Gasteiger partial charge in [-0.15, -0.1) is 6.42 Å². The van der Waals surface area contributed by atoms with Gasteiger partial charge in [-0.2, -0.15) is 0 Å². The van der Waals surface area contributed by atoms with Gasteiger partial charge in [0.25, 0.3) is 0 Å². The lowest BCUT2D eigenvalue weighted by Gasteiger charge is -3.08. The second kappa shape index (κ2) is 1.64. The molecule has 0 radical (unpaired) electrons. The monoisotopic (exact) mass is 214 g/mol. The molecular formula is C13H10O3. The van der Waals surface area contributed by atoms with E-state index < -0.39 is 0 Å². The van der Waals surface area contributed by atoms with Crippen molar-refractivity contribution in [2.24, 2.45) is 40.9 Å². The lowest BCUT2D eigenvalue weighted by molar-refractivity contribution is -0.642. The van der Waals surface area contributed by atoms with Crippen LogP contribution in [0.3, 0.4) is 0 Å². The van der Waals surface area contributed by atoms with Gasteiger partial charge in [0.1, 0.15) is 5.60 Å². The highest BCUT2D eigenvalue weighted by Gasteiger charge is 3.13. The molecule has 0 atom stereocenters. The van der Waals surface area contributed by atoms with E-state index in [1.807, 2.05) is 0 Å². The average molecular weight is 214 g/mol. The first-order valence-electron chi connectivity index (χ1n) is 5.84. The Balaban J connectivity index is 1.53. The Morgan fingerprint density at radius 2 is 1.62 bits per heavy atom. The first-order valence-corrected chi connectivity index (χ1v) is 5.84. The number of ketones is 1. The van der Waals surface area contributed by atoms with Gasteiger partial charge in [0, 0.05) is 24.7 Å². The molecule has 0 unspecified atom stereocenters. The molecule has 6 rings (SSSR count). The first kappa shape index (κ1) is 7.89. The number of hydrogen-bond acceptors (Lipinski definition) is 3. The van der Waals surface area contributed by atoms with Crippen LogP contribution in [0.1, 0.15) is 6.92 Å². The number of rotatable bonds is 2. The van der Waals surface area contributed by atoms with Gasteiger partial charge in [0.05, 0.1) is 5.41 Å². The molecule has 6 aliphatic rings. The Hall–Kier alpha value is -1.30. The number of hydrogen-bond donors (Lipinski definition) is 0. The predicted octanol–water partition coefficient (Wildman–Crippen LogP) is 0.242. The van der Waals surface area contributed by atoms with E-state index in [9.17, 15) is 9.59 Å². The van der Waals surface area contributed by atoms with Crippen molar-refractivity contribution in [3.63, 3.8) is 0 Å². The van der Waals surface area contributed by atoms with Crippen LogP contribution in [0.5, 0.6) is 0 Å². The highest BCUT2D eigenvalue weighted by atomic mass is 16.6. The van der Waals surface area contributed by atoms with Crippen LogP contribution in [0.15, 0.2) is 0 Å². The molecule has 0 spiro atoms. The summed E-state index contributed by atoms with van der Waals surface area (Å²) in [5, 5.41) is 0. The summed E-state index contributed by atoms with van der Waals surface area (Å²) in [5.41, 5.74) is -0.251. The summed E-state index contributed by atoms with van der Waals surface area (Å²) in [5.74, 6) is 5.00. The summed E-state index contributed by atoms with van der Waals surface area (Å²) in [6, 6.07) is 0. The predicted molar refractivity (Wildman–Crippen MR) is 51.7 cm³/mol. The van der Waals surface area contributed by atoms with Crippen molar-refractivity contribution >= 4 is 11.8 Å². The van der Waals surface area contributed by atoms with Crippen molar-refractivity contribution in [2.45, 2.75) is 12.5 Å². The Morgan fingerprint density at radius 1 is 1.12 bits per heavy atom. The zero-order valence-electron chi connectivity index (χ0n) is 8.77. The van der Waals surface area contributed by atoms with Crippen LogP contribution in [-0.4, -0.2) is 17.4 Å². The Morgan fingerprint density at radius 3 is 2.00 bits per heavy atom. The van der Waals surface area contributed by atoms with Gasteiger partial charge in [-0.25, -0.2) is 0 Å². The smallest absolute Gasteiger partial charge is 0.303 e. The molecule has 3 heteroatoms. The van der Waals surface area contributed by atoms with Crippen molar-refractivity contribution in [3.8, 4) is 12.3 Å². The van der Waals surface area contributed by atoms with Crippen LogP contribution < -0.4 is 0 Å². The fourth-order valence-corrected chi connectivity index (χ4v) is 6.46. The van der Waals surface area contributed by atoms with Gasteiger partial charge >= 0.3 is 5.97 Å². The van der Waals surface area contributed by atoms with E-state index in [-0.39, 0.29) is 22.8 Å². The summed E-state index contributed by atoms with van der Waals surface area (Å²) in [6.45, 7) is 1.48. The standard InChI is InChI=1S/C13H10O3/c1-3-5(15)12-6-9-7(12)11-8(12)10(6)13(9,11)16-4(2)14/h1,6-11H,2H3. The summed E-state index contributed by atoms with van der Waals surface area (Å²) >= 11 is 0. The van der Waals surface area contributed by atoms with Crippen LogP contribution in [-0.2, 0) is 14.3 Å². The molecule has 0 saturated heterocycles. The fourth-order valence-electron chi connectivity index (χ4n) is 6.46. The van der Waals surface area contributed by atoms with Crippen LogP contribution in [0.25, 0.3) is 0 Å². The molecule has 0 aliphatic heterocycles. The zero-order valence-corrected chi connectivity index (χ0v) is 8.77. The molecule has 0 bridgehead atoms. The molecule has 6 aliphatic carbocycles. The molecule has 0 aromatic rings. The molecular weight excluding hydrogens is 204 g/mol. The molecule has 80 valence electrons. The molecule has 3 nitrogen and oxygen atoms in total. The number of carbonyl (C=O) groups excluding carboxylic acids is 2. The van der Waals surface area contributed by atoms with E-state index in [0.29, 0.717) is 35.5 Å². The highest BCUT2D eigenvalue weighted by Crippen LogP contribution is 3.07. The van der Waals surface area contributed by atoms with Gasteiger partial charge in [-0.1, -0.05) is 0 Å². The SMILES string of the molecule is C#CC(=O)C12C3C4C1C1C2C3C41OC(C)=O. The Bertz CT molecular complexity index is 484. The molecule has 0 aromatic carbocycles. The summed E-state index contributed by atoms with van der Waals surface area (Å²) in [6.07, 6.45) is 5.24. The van der Waals surface area contributed by atoms with E-state index in [1.165, 1.54) is 6.92 Å². The lowest BCUT2D eigenvalue weighted by atomic mass is 8.94. The highest BCUT2D eigenvalue weighted by molar-refractivity contribution is 6.05. The zero-order chi connectivity index (χ0) is 11.0. The van der Waals surface area contributed by atoms with Crippen LogP contribution in [0, 0.1) is 53.3 Å². The topological polar surface area (TPSA) is 43.4 Å². The molecule has 0 amide bonds. The van der Waals surface area contributed by atoms with Gasteiger partial charge < -0.3 is 4.74 Å². The maximum absolute atomic E-state index is 11.8. The third kappa shape index (κ3) is 0.338. The summed E-state index contributed by atoms with van der Waals surface area (Å²) in [7, 11) is 0. The quantitative estimate of drug-likeness (QED) is 0.376. The second-order valence-electron chi connectivity index (χ2n) is 6.01. The van der Waals surface area contributed by atoms with Crippen molar-refractivity contribution in [3.05, 3.63) is 0 Å². The van der Waals surface area contributed by atoms with Gasteiger partial charge in [-0.3, -0.25) is 9.59 Å². The summed E-state index contributed by atoms with van der Waals surface area (Å²) in [4.78, 5) is 22.9. The fraction of sp³-hybridized carbons (Fsp3) is 0.692. The van der Waals surface area contributed by atoms with Gasteiger partial charge in [0.2, 0.25) is 5.78 Å². The molecule has 0 aromatic heterocycles. The average Bonchev–Trinajstić information content (AvgIpc) is 2.28. The van der Waals surface area contributed by atoms with Crippen molar-refractivity contribution in [1.82, 2.24) is 0 Å². The van der Waals surface area contributed by atoms with Crippen molar-refractivity contribution < 1.29 is 14.3 Å². The van der Waals surface area contributed by atoms with Crippen LogP contribution in [0.4, 0.5) is 0 Å². The van der Waals surface area contributed by atoms with Crippen molar-refractivity contribution in [2.75, 3.05) is 0 Å². The minimum Gasteiger partial charge on any atom is -0.458 e. The van der Waals surface area contributed by atoms with E-state index in [0.717, 1.165) is 0 Å². The number of carbonyl (C=O) groups is 2. The number of Topliss-reactive ketones (excluding diaryl/α,β-unsaturated/α-hetero) is 1. The number of terminal acetylenes is 1. The minimum atomic E-state index is -0.173. The normalized spacial score (nSPS) is 68.0.